The van der Waals surface area contributed by atoms with Crippen LogP contribution in [0.5, 0.6) is 0 Å². The lowest BCUT2D eigenvalue weighted by molar-refractivity contribution is 0.299. The summed E-state index contributed by atoms with van der Waals surface area (Å²) in [5.41, 5.74) is 3.72. The normalized spacial score (nSPS) is 10.0. The highest BCUT2D eigenvalue weighted by atomic mass is 35.5. The number of aromatic nitrogens is 1. The minimum absolute atomic E-state index is 0.580. The number of benzene rings is 2. The van der Waals surface area contributed by atoms with E-state index in [1.54, 1.807) is 0 Å². The molecule has 0 fully saturated rings. The Morgan fingerprint density at radius 1 is 1.08 bits per heavy atom. The van der Waals surface area contributed by atoms with Gasteiger partial charge in [-0.1, -0.05) is 68.4 Å². The van der Waals surface area contributed by atoms with E-state index in [9.17, 15) is 0 Å². The Bertz CT molecular complexity index is 828. The minimum Gasteiger partial charge on any atom is -0.494 e. The molecule has 1 heterocycles. The Labute approximate surface area is 148 Å². The lowest BCUT2D eigenvalue weighted by atomic mass is 10.0. The number of halogens is 1. The van der Waals surface area contributed by atoms with Crippen molar-refractivity contribution in [3.05, 3.63) is 71.8 Å². The first kappa shape index (κ1) is 18.0. The van der Waals surface area contributed by atoms with E-state index >= 15 is 0 Å². The van der Waals surface area contributed by atoms with Crippen molar-refractivity contribution in [3.8, 4) is 11.3 Å². The summed E-state index contributed by atoms with van der Waals surface area (Å²) in [6, 6.07) is 17.7. The van der Waals surface area contributed by atoms with Crippen LogP contribution in [0.15, 0.2) is 61.2 Å². The van der Waals surface area contributed by atoms with Crippen LogP contribution in [0, 0.1) is 0 Å². The van der Waals surface area contributed by atoms with Crippen molar-refractivity contribution in [2.24, 2.45) is 0 Å². The molecule has 0 radical (unpaired) electrons. The lowest BCUT2D eigenvalue weighted by Crippen LogP contribution is -1.95. The van der Waals surface area contributed by atoms with Gasteiger partial charge in [-0.05, 0) is 25.1 Å². The van der Waals surface area contributed by atoms with Crippen LogP contribution in [-0.2, 0) is 4.74 Å². The van der Waals surface area contributed by atoms with Crippen LogP contribution in [-0.4, -0.2) is 11.6 Å². The van der Waals surface area contributed by atoms with Crippen LogP contribution < -0.4 is 0 Å². The van der Waals surface area contributed by atoms with Gasteiger partial charge in [0.1, 0.15) is 5.76 Å². The number of fused-ring (bicyclic) bond motifs is 1. The molecule has 0 amide bonds. The molecule has 3 aromatic rings. The maximum absolute atomic E-state index is 6.12. The van der Waals surface area contributed by atoms with Gasteiger partial charge in [0.25, 0.3) is 0 Å². The third-order valence-electron chi connectivity index (χ3n) is 3.46. The summed E-state index contributed by atoms with van der Waals surface area (Å²) in [5.74, 6) is 0.648. The second-order valence-electron chi connectivity index (χ2n) is 4.94. The summed E-state index contributed by atoms with van der Waals surface area (Å²) >= 11 is 6.12. The minimum atomic E-state index is 0.580. The fourth-order valence-corrected chi connectivity index (χ4v) is 2.61. The molecule has 2 nitrogen and oxygen atoms in total. The lowest BCUT2D eigenvalue weighted by Gasteiger charge is -2.12. The molecular weight excluding hydrogens is 318 g/mol. The van der Waals surface area contributed by atoms with Crippen molar-refractivity contribution in [2.75, 3.05) is 6.61 Å². The maximum Gasteiger partial charge on any atom is 0.120 e. The number of rotatable bonds is 4. The van der Waals surface area contributed by atoms with Gasteiger partial charge < -0.3 is 4.74 Å². The fourth-order valence-electron chi connectivity index (χ4n) is 2.44. The summed E-state index contributed by atoms with van der Waals surface area (Å²) < 4.78 is 5.60. The predicted octanol–water partition coefficient (Wildman–Crippen LogP) is 6.59. The number of nitrogens with zero attached hydrogens (tertiary/aromatic N) is 1. The van der Waals surface area contributed by atoms with Gasteiger partial charge in [0.05, 0.1) is 17.8 Å². The number of hydrogen-bond acceptors (Lipinski definition) is 2. The molecule has 24 heavy (non-hydrogen) atoms. The molecule has 124 valence electrons. The van der Waals surface area contributed by atoms with Gasteiger partial charge in [0, 0.05) is 21.5 Å². The monoisotopic (exact) mass is 339 g/mol. The average molecular weight is 340 g/mol. The smallest absolute Gasteiger partial charge is 0.120 e. The SMILES string of the molecule is C=C(OCC)c1cc(-c2ccccc2)nc2cc(Cl)ccc12.CC. The van der Waals surface area contributed by atoms with E-state index in [1.807, 2.05) is 75.4 Å². The van der Waals surface area contributed by atoms with Crippen LogP contribution in [0.4, 0.5) is 0 Å². The molecule has 0 saturated heterocycles. The van der Waals surface area contributed by atoms with Crippen LogP contribution in [0.25, 0.3) is 27.9 Å². The standard InChI is InChI=1S/C19H16ClNO.C2H6/c1-3-22-13(2)17-12-18(14-7-5-4-6-8-14)21-19-11-15(20)9-10-16(17)19;1-2/h4-12H,2-3H2,1H3;1-2H3. The zero-order valence-corrected chi connectivity index (χ0v) is 15.1. The summed E-state index contributed by atoms with van der Waals surface area (Å²) in [4.78, 5) is 4.73. The van der Waals surface area contributed by atoms with Crippen LogP contribution in [0.3, 0.4) is 0 Å². The zero-order chi connectivity index (χ0) is 17.5. The molecule has 2 aromatic carbocycles. The number of ether oxygens (including phenoxy) is 1. The van der Waals surface area contributed by atoms with Gasteiger partial charge in [0.15, 0.2) is 0 Å². The first-order chi connectivity index (χ1) is 11.7. The Hall–Kier alpha value is -2.32. The summed E-state index contributed by atoms with van der Waals surface area (Å²) in [6.07, 6.45) is 0. The Balaban J connectivity index is 0.00000100. The van der Waals surface area contributed by atoms with Gasteiger partial charge >= 0.3 is 0 Å². The Kier molecular flexibility index (Phi) is 6.39. The third kappa shape index (κ3) is 3.95. The van der Waals surface area contributed by atoms with Crippen molar-refractivity contribution in [1.82, 2.24) is 4.98 Å². The molecule has 0 spiro atoms. The number of hydrogen-bond donors (Lipinski definition) is 0. The molecule has 0 aliphatic carbocycles. The molecule has 0 saturated carbocycles. The average Bonchev–Trinajstić information content (AvgIpc) is 2.63. The van der Waals surface area contributed by atoms with Gasteiger partial charge in [-0.15, -0.1) is 0 Å². The van der Waals surface area contributed by atoms with E-state index in [-0.39, 0.29) is 0 Å². The van der Waals surface area contributed by atoms with Crippen molar-refractivity contribution >= 4 is 28.3 Å². The molecule has 0 N–H and O–H groups in total. The summed E-state index contributed by atoms with van der Waals surface area (Å²) in [7, 11) is 0. The highest BCUT2D eigenvalue weighted by molar-refractivity contribution is 6.31. The molecule has 0 aliphatic heterocycles. The molecule has 3 heteroatoms. The van der Waals surface area contributed by atoms with Crippen LogP contribution >= 0.6 is 11.6 Å². The fraction of sp³-hybridized carbons (Fsp3) is 0.190. The summed E-state index contributed by atoms with van der Waals surface area (Å²) in [6.45, 7) is 10.6. The highest BCUT2D eigenvalue weighted by Crippen LogP contribution is 2.30. The van der Waals surface area contributed by atoms with E-state index in [4.69, 9.17) is 21.3 Å². The van der Waals surface area contributed by atoms with E-state index in [0.29, 0.717) is 17.4 Å². The Morgan fingerprint density at radius 2 is 1.79 bits per heavy atom. The van der Waals surface area contributed by atoms with Crippen molar-refractivity contribution in [1.29, 1.82) is 0 Å². The largest absolute Gasteiger partial charge is 0.494 e. The van der Waals surface area contributed by atoms with Crippen molar-refractivity contribution in [2.45, 2.75) is 20.8 Å². The maximum atomic E-state index is 6.12. The Morgan fingerprint density at radius 3 is 2.46 bits per heavy atom. The predicted molar refractivity (Wildman–Crippen MR) is 104 cm³/mol. The molecule has 1 aromatic heterocycles. The molecule has 3 rings (SSSR count). The zero-order valence-electron chi connectivity index (χ0n) is 14.3. The van der Waals surface area contributed by atoms with Crippen molar-refractivity contribution in [3.63, 3.8) is 0 Å². The first-order valence-electron chi connectivity index (χ1n) is 8.17. The van der Waals surface area contributed by atoms with Gasteiger partial charge in [-0.25, -0.2) is 4.98 Å². The van der Waals surface area contributed by atoms with Crippen LogP contribution in [0.2, 0.25) is 5.02 Å². The van der Waals surface area contributed by atoms with E-state index < -0.39 is 0 Å². The highest BCUT2D eigenvalue weighted by Gasteiger charge is 2.11. The molecule has 0 unspecified atom stereocenters. The van der Waals surface area contributed by atoms with Crippen LogP contribution in [0.1, 0.15) is 26.3 Å². The second-order valence-corrected chi connectivity index (χ2v) is 5.38. The topological polar surface area (TPSA) is 22.1 Å². The first-order valence-corrected chi connectivity index (χ1v) is 8.54. The quantitative estimate of drug-likeness (QED) is 0.500. The molecular formula is C21H22ClNO. The third-order valence-corrected chi connectivity index (χ3v) is 3.70. The molecule has 0 bridgehead atoms. The molecule has 0 aliphatic rings. The van der Waals surface area contributed by atoms with Gasteiger partial charge in [0.2, 0.25) is 0 Å². The summed E-state index contributed by atoms with van der Waals surface area (Å²) in [5, 5.41) is 1.65. The van der Waals surface area contributed by atoms with Crippen molar-refractivity contribution < 1.29 is 4.74 Å². The van der Waals surface area contributed by atoms with Gasteiger partial charge in [-0.3, -0.25) is 0 Å². The number of pyridine rings is 1. The molecule has 0 atom stereocenters. The van der Waals surface area contributed by atoms with E-state index in [2.05, 4.69) is 6.58 Å². The van der Waals surface area contributed by atoms with Gasteiger partial charge in [-0.2, -0.15) is 0 Å². The second kappa shape index (κ2) is 8.51. The van der Waals surface area contributed by atoms with E-state index in [1.165, 1.54) is 0 Å². The van der Waals surface area contributed by atoms with E-state index in [0.717, 1.165) is 27.7 Å².